The van der Waals surface area contributed by atoms with Gasteiger partial charge < -0.3 is 0 Å². The molecule has 0 aliphatic heterocycles. The fourth-order valence-corrected chi connectivity index (χ4v) is 3.63. The van der Waals surface area contributed by atoms with Gasteiger partial charge in [-0.1, -0.05) is 84.9 Å². The largest absolute Gasteiger partial charge is 0.256 e. The first-order valence-corrected chi connectivity index (χ1v) is 9.35. The minimum absolute atomic E-state index is 0. The third-order valence-electron chi connectivity index (χ3n) is 4.99. The number of rotatable bonds is 0. The number of hydrogen-bond acceptors (Lipinski definition) is 2. The summed E-state index contributed by atoms with van der Waals surface area (Å²) in [6.07, 6.45) is 3.68. The normalized spacial score (nSPS) is 10.5. The summed E-state index contributed by atoms with van der Waals surface area (Å²) in [5.41, 5.74) is 2.18. The van der Waals surface area contributed by atoms with Crippen LogP contribution in [0.4, 0.5) is 0 Å². The van der Waals surface area contributed by atoms with E-state index >= 15 is 0 Å². The Morgan fingerprint density at radius 2 is 0.759 bits per heavy atom. The Morgan fingerprint density at radius 1 is 0.379 bits per heavy atom. The van der Waals surface area contributed by atoms with Crippen LogP contribution >= 0.6 is 0 Å². The Labute approximate surface area is 182 Å². The molecule has 0 radical (unpaired) electrons. The maximum atomic E-state index is 4.41. The average molecular weight is 460 g/mol. The summed E-state index contributed by atoms with van der Waals surface area (Å²) in [6.45, 7) is 0. The molecule has 4 aromatic carbocycles. The molecule has 0 amide bonds. The second kappa shape index (κ2) is 8.47. The van der Waals surface area contributed by atoms with E-state index in [1.807, 2.05) is 24.5 Å². The molecule has 0 atom stereocenters. The maximum Gasteiger partial charge on any atom is 0.0780 e. The third kappa shape index (κ3) is 3.74. The van der Waals surface area contributed by atoms with Crippen LogP contribution in [0.2, 0.25) is 0 Å². The Balaban J connectivity index is 0.000000137. The van der Waals surface area contributed by atoms with E-state index in [0.29, 0.717) is 0 Å². The summed E-state index contributed by atoms with van der Waals surface area (Å²) in [5, 5.41) is 7.35. The Morgan fingerprint density at radius 3 is 1.24 bits per heavy atom. The van der Waals surface area contributed by atoms with Gasteiger partial charge in [-0.2, -0.15) is 0 Å². The van der Waals surface area contributed by atoms with Crippen LogP contribution in [0.5, 0.6) is 0 Å². The number of fused-ring (bicyclic) bond motifs is 6. The average Bonchev–Trinajstić information content (AvgIpc) is 2.79. The van der Waals surface area contributed by atoms with Crippen LogP contribution in [0.15, 0.2) is 109 Å². The number of hydrogen-bond donors (Lipinski definition) is 0. The summed E-state index contributed by atoms with van der Waals surface area (Å²) in [6, 6.07) is 33.3. The fourth-order valence-electron chi connectivity index (χ4n) is 3.63. The van der Waals surface area contributed by atoms with Crippen molar-refractivity contribution in [1.82, 2.24) is 9.97 Å². The van der Waals surface area contributed by atoms with E-state index in [-0.39, 0.29) is 19.5 Å². The SMILES string of the molecule is [Ru].c1ccc2c(c1)ccc1cccnc12.c1ccc2c(c1)ccc1cccnc12. The minimum Gasteiger partial charge on any atom is -0.256 e. The molecule has 0 saturated carbocycles. The first kappa shape index (κ1) is 19.2. The molecule has 0 aliphatic carbocycles. The minimum atomic E-state index is 0. The van der Waals surface area contributed by atoms with E-state index < -0.39 is 0 Å². The van der Waals surface area contributed by atoms with Crippen LogP contribution in [0, 0.1) is 0 Å². The van der Waals surface area contributed by atoms with Gasteiger partial charge in [0, 0.05) is 53.4 Å². The van der Waals surface area contributed by atoms with Crippen molar-refractivity contribution in [2.45, 2.75) is 0 Å². The van der Waals surface area contributed by atoms with Gasteiger partial charge in [0.25, 0.3) is 0 Å². The van der Waals surface area contributed by atoms with E-state index in [0.717, 1.165) is 11.0 Å². The van der Waals surface area contributed by atoms with Crippen LogP contribution in [0.25, 0.3) is 43.4 Å². The van der Waals surface area contributed by atoms with E-state index in [9.17, 15) is 0 Å². The molecule has 0 N–H and O–H groups in total. The number of aromatic nitrogens is 2. The number of nitrogens with zero attached hydrogens (tertiary/aromatic N) is 2. The molecule has 3 heteroatoms. The van der Waals surface area contributed by atoms with E-state index in [2.05, 4.69) is 94.9 Å². The van der Waals surface area contributed by atoms with Gasteiger partial charge in [-0.05, 0) is 22.9 Å². The van der Waals surface area contributed by atoms with Gasteiger partial charge in [-0.3, -0.25) is 9.97 Å². The van der Waals surface area contributed by atoms with E-state index in [4.69, 9.17) is 0 Å². The van der Waals surface area contributed by atoms with Gasteiger partial charge in [-0.15, -0.1) is 0 Å². The van der Waals surface area contributed by atoms with Crippen LogP contribution in [0.3, 0.4) is 0 Å². The molecule has 0 aliphatic rings. The summed E-state index contributed by atoms with van der Waals surface area (Å²) in [4.78, 5) is 8.82. The first-order valence-electron chi connectivity index (χ1n) is 9.35. The van der Waals surface area contributed by atoms with Crippen molar-refractivity contribution >= 4 is 43.4 Å². The number of pyridine rings is 2. The topological polar surface area (TPSA) is 25.8 Å². The molecule has 2 aromatic heterocycles. The molecule has 2 heterocycles. The molecule has 140 valence electrons. The van der Waals surface area contributed by atoms with Crippen molar-refractivity contribution in [3.8, 4) is 0 Å². The van der Waals surface area contributed by atoms with Crippen LogP contribution in [0.1, 0.15) is 0 Å². The maximum absolute atomic E-state index is 4.41. The zero-order chi connectivity index (χ0) is 18.8. The van der Waals surface area contributed by atoms with Crippen molar-refractivity contribution in [1.29, 1.82) is 0 Å². The van der Waals surface area contributed by atoms with Crippen LogP contribution in [-0.2, 0) is 19.5 Å². The molecule has 0 bridgehead atoms. The first-order chi connectivity index (χ1) is 13.9. The second-order valence-electron chi connectivity index (χ2n) is 6.72. The van der Waals surface area contributed by atoms with Gasteiger partial charge in [0.1, 0.15) is 0 Å². The predicted octanol–water partition coefficient (Wildman–Crippen LogP) is 6.77. The molecule has 0 saturated heterocycles. The van der Waals surface area contributed by atoms with Gasteiger partial charge in [0.05, 0.1) is 11.0 Å². The summed E-state index contributed by atoms with van der Waals surface area (Å²) < 4.78 is 0. The predicted molar refractivity (Wildman–Crippen MR) is 118 cm³/mol. The second-order valence-corrected chi connectivity index (χ2v) is 6.72. The van der Waals surface area contributed by atoms with Crippen molar-refractivity contribution in [2.24, 2.45) is 0 Å². The Bertz CT molecular complexity index is 1210. The van der Waals surface area contributed by atoms with Crippen LogP contribution in [-0.4, -0.2) is 9.97 Å². The molecular formula is C26H18N2Ru. The standard InChI is InChI=1S/2C13H9N.Ru/c2*1-2-6-12-10(4-1)7-8-11-5-3-9-14-13(11)12;/h2*1-9H;. The molecule has 29 heavy (non-hydrogen) atoms. The van der Waals surface area contributed by atoms with Crippen molar-refractivity contribution in [2.75, 3.05) is 0 Å². The molecular weight excluding hydrogens is 441 g/mol. The Hall–Kier alpha value is -3.16. The summed E-state index contributed by atoms with van der Waals surface area (Å²) in [7, 11) is 0. The molecule has 0 unspecified atom stereocenters. The van der Waals surface area contributed by atoms with E-state index in [1.54, 1.807) is 0 Å². The third-order valence-corrected chi connectivity index (χ3v) is 4.99. The van der Waals surface area contributed by atoms with Gasteiger partial charge >= 0.3 is 0 Å². The van der Waals surface area contributed by atoms with Gasteiger partial charge in [-0.25, -0.2) is 0 Å². The zero-order valence-electron chi connectivity index (χ0n) is 15.6. The smallest absolute Gasteiger partial charge is 0.0780 e. The molecule has 0 fully saturated rings. The fraction of sp³-hybridized carbons (Fsp3) is 0. The number of benzene rings is 4. The van der Waals surface area contributed by atoms with E-state index in [1.165, 1.54) is 32.3 Å². The zero-order valence-corrected chi connectivity index (χ0v) is 17.4. The molecule has 6 rings (SSSR count). The monoisotopic (exact) mass is 460 g/mol. The van der Waals surface area contributed by atoms with Gasteiger partial charge in [0.2, 0.25) is 0 Å². The molecule has 2 nitrogen and oxygen atoms in total. The summed E-state index contributed by atoms with van der Waals surface area (Å²) in [5.74, 6) is 0. The van der Waals surface area contributed by atoms with Gasteiger partial charge in [0.15, 0.2) is 0 Å². The molecule has 6 aromatic rings. The quantitative estimate of drug-likeness (QED) is 0.185. The summed E-state index contributed by atoms with van der Waals surface area (Å²) >= 11 is 0. The Kier molecular flexibility index (Phi) is 5.60. The van der Waals surface area contributed by atoms with Crippen molar-refractivity contribution in [3.05, 3.63) is 109 Å². The van der Waals surface area contributed by atoms with Crippen molar-refractivity contribution < 1.29 is 19.5 Å². The van der Waals surface area contributed by atoms with Crippen LogP contribution < -0.4 is 0 Å². The molecule has 0 spiro atoms. The van der Waals surface area contributed by atoms with Crippen molar-refractivity contribution in [3.63, 3.8) is 0 Å².